The molecule has 1 aliphatic rings. The van der Waals surface area contributed by atoms with Crippen LogP contribution in [-0.2, 0) is 0 Å². The molecule has 0 aromatic carbocycles. The number of aromatic nitrogens is 2. The van der Waals surface area contributed by atoms with Gasteiger partial charge in [0.1, 0.15) is 5.01 Å². The first-order valence-electron chi connectivity index (χ1n) is 5.38. The van der Waals surface area contributed by atoms with E-state index in [2.05, 4.69) is 17.1 Å². The standard InChI is InChI=1S/C10H17N3S/c1-2-7-3-5-8(6-4-7)9-12-13-10(11)14-9/h7-8H,2-6H2,1H3,(H2,11,13). The molecular weight excluding hydrogens is 194 g/mol. The lowest BCUT2D eigenvalue weighted by molar-refractivity contribution is 0.317. The second-order valence-corrected chi connectivity index (χ2v) is 5.15. The molecule has 0 spiro atoms. The molecule has 0 saturated heterocycles. The van der Waals surface area contributed by atoms with Crippen LogP contribution >= 0.6 is 11.3 Å². The molecule has 0 unspecified atom stereocenters. The maximum Gasteiger partial charge on any atom is 0.203 e. The van der Waals surface area contributed by atoms with Crippen molar-refractivity contribution in [2.45, 2.75) is 44.9 Å². The Bertz CT molecular complexity index is 289. The number of nitrogen functional groups attached to an aromatic ring is 1. The third-order valence-corrected chi connectivity index (χ3v) is 4.14. The first-order chi connectivity index (χ1) is 6.79. The van der Waals surface area contributed by atoms with Crippen LogP contribution in [0, 0.1) is 5.92 Å². The molecule has 0 amide bonds. The number of rotatable bonds is 2. The second kappa shape index (κ2) is 4.26. The summed E-state index contributed by atoms with van der Waals surface area (Å²) in [6.45, 7) is 2.29. The quantitative estimate of drug-likeness (QED) is 0.818. The Hall–Kier alpha value is -0.640. The van der Waals surface area contributed by atoms with E-state index >= 15 is 0 Å². The first-order valence-corrected chi connectivity index (χ1v) is 6.20. The van der Waals surface area contributed by atoms with Crippen LogP contribution in [0.5, 0.6) is 0 Å². The molecule has 0 radical (unpaired) electrons. The second-order valence-electron chi connectivity index (χ2n) is 4.10. The minimum Gasteiger partial charge on any atom is -0.374 e. The average molecular weight is 211 g/mol. The van der Waals surface area contributed by atoms with Crippen LogP contribution in [0.15, 0.2) is 0 Å². The molecule has 1 aromatic heterocycles. The Morgan fingerprint density at radius 2 is 2.00 bits per heavy atom. The zero-order chi connectivity index (χ0) is 9.97. The molecule has 14 heavy (non-hydrogen) atoms. The molecule has 3 nitrogen and oxygen atoms in total. The summed E-state index contributed by atoms with van der Waals surface area (Å²) in [7, 11) is 0. The van der Waals surface area contributed by atoms with Gasteiger partial charge in [-0.1, -0.05) is 24.7 Å². The van der Waals surface area contributed by atoms with E-state index in [1.165, 1.54) is 32.1 Å². The summed E-state index contributed by atoms with van der Waals surface area (Å²) in [6, 6.07) is 0. The maximum absolute atomic E-state index is 5.58. The Labute approximate surface area is 88.7 Å². The SMILES string of the molecule is CCC1CCC(c2nnc(N)s2)CC1. The van der Waals surface area contributed by atoms with Gasteiger partial charge in [-0.3, -0.25) is 0 Å². The van der Waals surface area contributed by atoms with Crippen molar-refractivity contribution in [3.05, 3.63) is 5.01 Å². The van der Waals surface area contributed by atoms with Crippen molar-refractivity contribution in [2.24, 2.45) is 5.92 Å². The van der Waals surface area contributed by atoms with Crippen LogP contribution in [0.25, 0.3) is 0 Å². The summed E-state index contributed by atoms with van der Waals surface area (Å²) >= 11 is 1.56. The van der Waals surface area contributed by atoms with Gasteiger partial charge < -0.3 is 5.73 Å². The number of nitrogens with two attached hydrogens (primary N) is 1. The molecule has 2 N–H and O–H groups in total. The van der Waals surface area contributed by atoms with Crippen molar-refractivity contribution < 1.29 is 0 Å². The van der Waals surface area contributed by atoms with Gasteiger partial charge in [0, 0.05) is 5.92 Å². The van der Waals surface area contributed by atoms with E-state index in [-0.39, 0.29) is 0 Å². The average Bonchev–Trinajstić information content (AvgIpc) is 2.65. The fourth-order valence-electron chi connectivity index (χ4n) is 2.23. The van der Waals surface area contributed by atoms with Crippen molar-refractivity contribution in [1.29, 1.82) is 0 Å². The molecule has 2 rings (SSSR count). The van der Waals surface area contributed by atoms with Crippen LogP contribution in [-0.4, -0.2) is 10.2 Å². The summed E-state index contributed by atoms with van der Waals surface area (Å²) < 4.78 is 0. The van der Waals surface area contributed by atoms with Gasteiger partial charge in [-0.05, 0) is 31.6 Å². The lowest BCUT2D eigenvalue weighted by Crippen LogP contribution is -2.12. The van der Waals surface area contributed by atoms with Crippen molar-refractivity contribution in [3.8, 4) is 0 Å². The van der Waals surface area contributed by atoms with E-state index in [1.807, 2.05) is 0 Å². The predicted molar refractivity (Wildman–Crippen MR) is 59.3 cm³/mol. The van der Waals surface area contributed by atoms with E-state index < -0.39 is 0 Å². The number of anilines is 1. The molecule has 1 heterocycles. The van der Waals surface area contributed by atoms with Crippen LogP contribution in [0.4, 0.5) is 5.13 Å². The summed E-state index contributed by atoms with van der Waals surface area (Å²) in [4.78, 5) is 0. The minimum absolute atomic E-state index is 0.609. The molecule has 0 atom stereocenters. The zero-order valence-corrected chi connectivity index (χ0v) is 9.39. The number of hydrogen-bond donors (Lipinski definition) is 1. The van der Waals surface area contributed by atoms with E-state index in [9.17, 15) is 0 Å². The highest BCUT2D eigenvalue weighted by Crippen LogP contribution is 2.38. The molecule has 0 bridgehead atoms. The summed E-state index contributed by atoms with van der Waals surface area (Å²) in [5.74, 6) is 1.57. The molecular formula is C10H17N3S. The Kier molecular flexibility index (Phi) is 3.01. The van der Waals surface area contributed by atoms with Crippen molar-refractivity contribution >= 4 is 16.5 Å². The molecule has 1 saturated carbocycles. The van der Waals surface area contributed by atoms with Crippen LogP contribution in [0.1, 0.15) is 50.0 Å². The molecule has 78 valence electrons. The van der Waals surface area contributed by atoms with E-state index in [0.29, 0.717) is 11.0 Å². The first kappa shape index (κ1) is 9.90. The Morgan fingerprint density at radius 3 is 2.50 bits per heavy atom. The van der Waals surface area contributed by atoms with Gasteiger partial charge in [-0.25, -0.2) is 0 Å². The highest BCUT2D eigenvalue weighted by molar-refractivity contribution is 7.15. The van der Waals surface area contributed by atoms with Crippen LogP contribution < -0.4 is 5.73 Å². The third kappa shape index (κ3) is 2.05. The van der Waals surface area contributed by atoms with Gasteiger partial charge in [-0.15, -0.1) is 10.2 Å². The van der Waals surface area contributed by atoms with Gasteiger partial charge >= 0.3 is 0 Å². The predicted octanol–water partition coefficient (Wildman–Crippen LogP) is 2.80. The fourth-order valence-corrected chi connectivity index (χ4v) is 3.01. The lowest BCUT2D eigenvalue weighted by Gasteiger charge is -2.25. The smallest absolute Gasteiger partial charge is 0.203 e. The van der Waals surface area contributed by atoms with Crippen molar-refractivity contribution in [2.75, 3.05) is 5.73 Å². The minimum atomic E-state index is 0.609. The highest BCUT2D eigenvalue weighted by Gasteiger charge is 2.23. The summed E-state index contributed by atoms with van der Waals surface area (Å²) in [6.07, 6.45) is 6.56. The lowest BCUT2D eigenvalue weighted by atomic mass is 9.81. The topological polar surface area (TPSA) is 51.8 Å². The van der Waals surface area contributed by atoms with Crippen LogP contribution in [0.2, 0.25) is 0 Å². The molecule has 1 fully saturated rings. The van der Waals surface area contributed by atoms with E-state index in [0.717, 1.165) is 10.9 Å². The number of hydrogen-bond acceptors (Lipinski definition) is 4. The maximum atomic E-state index is 5.58. The monoisotopic (exact) mass is 211 g/mol. The molecule has 1 aromatic rings. The van der Waals surface area contributed by atoms with Gasteiger partial charge in [0.25, 0.3) is 0 Å². The Balaban J connectivity index is 1.95. The van der Waals surface area contributed by atoms with Crippen molar-refractivity contribution in [1.82, 2.24) is 10.2 Å². The Morgan fingerprint density at radius 1 is 1.29 bits per heavy atom. The van der Waals surface area contributed by atoms with Gasteiger partial charge in [-0.2, -0.15) is 0 Å². The van der Waals surface area contributed by atoms with Gasteiger partial charge in [0.05, 0.1) is 0 Å². The van der Waals surface area contributed by atoms with Gasteiger partial charge in [0.15, 0.2) is 0 Å². The zero-order valence-electron chi connectivity index (χ0n) is 8.57. The summed E-state index contributed by atoms with van der Waals surface area (Å²) in [5.41, 5.74) is 5.58. The van der Waals surface area contributed by atoms with Gasteiger partial charge in [0.2, 0.25) is 5.13 Å². The third-order valence-electron chi connectivity index (χ3n) is 3.23. The van der Waals surface area contributed by atoms with Crippen molar-refractivity contribution in [3.63, 3.8) is 0 Å². The summed E-state index contributed by atoms with van der Waals surface area (Å²) in [5, 5.41) is 9.77. The normalized spacial score (nSPS) is 27.8. The largest absolute Gasteiger partial charge is 0.374 e. The van der Waals surface area contributed by atoms with E-state index in [4.69, 9.17) is 5.73 Å². The molecule has 4 heteroatoms. The van der Waals surface area contributed by atoms with E-state index in [1.54, 1.807) is 11.3 Å². The van der Waals surface area contributed by atoms with Crippen LogP contribution in [0.3, 0.4) is 0 Å². The number of nitrogens with zero attached hydrogens (tertiary/aromatic N) is 2. The highest BCUT2D eigenvalue weighted by atomic mass is 32.1. The molecule has 1 aliphatic carbocycles. The molecule has 0 aliphatic heterocycles. The fraction of sp³-hybridized carbons (Fsp3) is 0.800.